The van der Waals surface area contributed by atoms with Gasteiger partial charge in [0.25, 0.3) is 0 Å². The average Bonchev–Trinajstić information content (AvgIpc) is 2.63. The molecule has 0 heteroatoms. The molecule has 0 radical (unpaired) electrons. The van der Waals surface area contributed by atoms with Crippen molar-refractivity contribution in [2.24, 2.45) is 5.92 Å². The van der Waals surface area contributed by atoms with E-state index >= 15 is 0 Å². The fraction of sp³-hybridized carbons (Fsp3) is 0.778. The van der Waals surface area contributed by atoms with E-state index in [0.29, 0.717) is 0 Å². The summed E-state index contributed by atoms with van der Waals surface area (Å²) >= 11 is 0. The van der Waals surface area contributed by atoms with Crippen molar-refractivity contribution < 1.29 is 0 Å². The minimum atomic E-state index is 0.974. The summed E-state index contributed by atoms with van der Waals surface area (Å²) in [5.74, 6) is 0.974. The van der Waals surface area contributed by atoms with Gasteiger partial charge in [-0.3, -0.25) is 0 Å². The van der Waals surface area contributed by atoms with E-state index in [-0.39, 0.29) is 0 Å². The predicted molar refractivity (Wildman–Crippen MR) is 41.4 cm³/mol. The third-order valence-electron chi connectivity index (χ3n) is 1.75. The second-order valence-corrected chi connectivity index (χ2v) is 2.91. The number of allylic oxidation sites excluding steroid dienone is 2. The standard InChI is InChI=1S/C9H16/c1-2-3-4-5-6-9-7-8-9/h5-6,9H,2-4,7-8H2,1H3. The Morgan fingerprint density at radius 1 is 1.44 bits per heavy atom. The van der Waals surface area contributed by atoms with Gasteiger partial charge in [0.05, 0.1) is 0 Å². The first-order valence-corrected chi connectivity index (χ1v) is 4.10. The minimum absolute atomic E-state index is 0.974. The summed E-state index contributed by atoms with van der Waals surface area (Å²) in [6, 6.07) is 0. The van der Waals surface area contributed by atoms with Crippen molar-refractivity contribution in [2.45, 2.75) is 39.0 Å². The molecule has 0 aromatic heterocycles. The van der Waals surface area contributed by atoms with E-state index in [4.69, 9.17) is 0 Å². The maximum Gasteiger partial charge on any atom is -0.0233 e. The van der Waals surface area contributed by atoms with E-state index in [1.54, 1.807) is 0 Å². The molecule has 0 N–H and O–H groups in total. The summed E-state index contributed by atoms with van der Waals surface area (Å²) in [6.07, 6.45) is 11.6. The Labute approximate surface area is 58.0 Å². The number of rotatable bonds is 4. The van der Waals surface area contributed by atoms with Gasteiger partial charge in [0.1, 0.15) is 0 Å². The summed E-state index contributed by atoms with van der Waals surface area (Å²) in [6.45, 7) is 2.24. The van der Waals surface area contributed by atoms with Gasteiger partial charge in [-0.25, -0.2) is 0 Å². The van der Waals surface area contributed by atoms with Crippen LogP contribution in [0.15, 0.2) is 12.2 Å². The Balaban J connectivity index is 1.89. The molecule has 52 valence electrons. The summed E-state index contributed by atoms with van der Waals surface area (Å²) in [5.41, 5.74) is 0. The van der Waals surface area contributed by atoms with E-state index in [1.165, 1.54) is 32.1 Å². The highest BCUT2D eigenvalue weighted by Gasteiger charge is 2.16. The van der Waals surface area contributed by atoms with Crippen molar-refractivity contribution in [3.05, 3.63) is 12.2 Å². The van der Waals surface area contributed by atoms with Crippen LogP contribution in [-0.2, 0) is 0 Å². The lowest BCUT2D eigenvalue weighted by Crippen LogP contribution is -1.67. The number of hydrogen-bond donors (Lipinski definition) is 0. The van der Waals surface area contributed by atoms with Crippen LogP contribution < -0.4 is 0 Å². The highest BCUT2D eigenvalue weighted by Crippen LogP contribution is 2.30. The maximum atomic E-state index is 2.38. The Kier molecular flexibility index (Phi) is 2.82. The van der Waals surface area contributed by atoms with Gasteiger partial charge in [0, 0.05) is 0 Å². The van der Waals surface area contributed by atoms with Gasteiger partial charge < -0.3 is 0 Å². The first-order valence-electron chi connectivity index (χ1n) is 4.10. The molecule has 1 aliphatic carbocycles. The lowest BCUT2D eigenvalue weighted by Gasteiger charge is -1.86. The molecule has 0 saturated heterocycles. The van der Waals surface area contributed by atoms with Crippen LogP contribution in [0.4, 0.5) is 0 Å². The van der Waals surface area contributed by atoms with Crippen LogP contribution in [0.5, 0.6) is 0 Å². The van der Waals surface area contributed by atoms with Crippen molar-refractivity contribution in [2.75, 3.05) is 0 Å². The van der Waals surface area contributed by atoms with Crippen LogP contribution in [0.3, 0.4) is 0 Å². The second-order valence-electron chi connectivity index (χ2n) is 2.91. The molecular weight excluding hydrogens is 108 g/mol. The summed E-state index contributed by atoms with van der Waals surface area (Å²) < 4.78 is 0. The Bertz CT molecular complexity index is 88.2. The van der Waals surface area contributed by atoms with Gasteiger partial charge in [-0.2, -0.15) is 0 Å². The predicted octanol–water partition coefficient (Wildman–Crippen LogP) is 3.14. The van der Waals surface area contributed by atoms with Gasteiger partial charge in [0.2, 0.25) is 0 Å². The van der Waals surface area contributed by atoms with Crippen LogP contribution in [0.1, 0.15) is 39.0 Å². The van der Waals surface area contributed by atoms with Crippen molar-refractivity contribution >= 4 is 0 Å². The lowest BCUT2D eigenvalue weighted by atomic mass is 10.2. The quantitative estimate of drug-likeness (QED) is 0.399. The van der Waals surface area contributed by atoms with Crippen LogP contribution in [0.25, 0.3) is 0 Å². The van der Waals surface area contributed by atoms with Crippen LogP contribution in [-0.4, -0.2) is 0 Å². The van der Waals surface area contributed by atoms with Crippen LogP contribution in [0, 0.1) is 5.92 Å². The van der Waals surface area contributed by atoms with Gasteiger partial charge in [-0.15, -0.1) is 0 Å². The monoisotopic (exact) mass is 124 g/mol. The largest absolute Gasteiger partial charge is 0.0883 e. The van der Waals surface area contributed by atoms with Crippen molar-refractivity contribution in [3.63, 3.8) is 0 Å². The lowest BCUT2D eigenvalue weighted by molar-refractivity contribution is 0.811. The SMILES string of the molecule is CCCCC=CC1CC1. The topological polar surface area (TPSA) is 0 Å². The number of hydrogen-bond acceptors (Lipinski definition) is 0. The van der Waals surface area contributed by atoms with Crippen LogP contribution >= 0.6 is 0 Å². The highest BCUT2D eigenvalue weighted by atomic mass is 14.2. The molecule has 0 aliphatic heterocycles. The second kappa shape index (κ2) is 3.71. The molecular formula is C9H16. The fourth-order valence-electron chi connectivity index (χ4n) is 0.899. The van der Waals surface area contributed by atoms with Crippen LogP contribution in [0.2, 0.25) is 0 Å². The van der Waals surface area contributed by atoms with E-state index < -0.39 is 0 Å². The molecule has 9 heavy (non-hydrogen) atoms. The van der Waals surface area contributed by atoms with E-state index in [9.17, 15) is 0 Å². The Hall–Kier alpha value is -0.260. The maximum absolute atomic E-state index is 2.38. The molecule has 0 unspecified atom stereocenters. The summed E-state index contributed by atoms with van der Waals surface area (Å²) in [7, 11) is 0. The summed E-state index contributed by atoms with van der Waals surface area (Å²) in [5, 5.41) is 0. The zero-order valence-electron chi connectivity index (χ0n) is 6.27. The molecule has 0 atom stereocenters. The molecule has 1 fully saturated rings. The average molecular weight is 124 g/mol. The highest BCUT2D eigenvalue weighted by molar-refractivity contribution is 4.95. The zero-order chi connectivity index (χ0) is 6.53. The molecule has 0 aromatic rings. The molecule has 0 nitrogen and oxygen atoms in total. The molecule has 1 saturated carbocycles. The first kappa shape index (κ1) is 6.85. The smallest absolute Gasteiger partial charge is 0.0233 e. The molecule has 0 aromatic carbocycles. The molecule has 1 rings (SSSR count). The Morgan fingerprint density at radius 2 is 2.22 bits per heavy atom. The van der Waals surface area contributed by atoms with Gasteiger partial charge in [-0.05, 0) is 25.2 Å². The van der Waals surface area contributed by atoms with Crippen molar-refractivity contribution in [3.8, 4) is 0 Å². The van der Waals surface area contributed by atoms with E-state index in [0.717, 1.165) is 5.92 Å². The van der Waals surface area contributed by atoms with Crippen molar-refractivity contribution in [1.29, 1.82) is 0 Å². The molecule has 1 aliphatic rings. The van der Waals surface area contributed by atoms with E-state index in [2.05, 4.69) is 19.1 Å². The molecule has 0 heterocycles. The molecule has 0 amide bonds. The van der Waals surface area contributed by atoms with Gasteiger partial charge in [-0.1, -0.05) is 31.9 Å². The minimum Gasteiger partial charge on any atom is -0.0883 e. The zero-order valence-corrected chi connectivity index (χ0v) is 6.27. The first-order chi connectivity index (χ1) is 4.43. The normalized spacial score (nSPS) is 19.2. The van der Waals surface area contributed by atoms with E-state index in [1.807, 2.05) is 0 Å². The third kappa shape index (κ3) is 3.34. The Morgan fingerprint density at radius 3 is 2.78 bits per heavy atom. The van der Waals surface area contributed by atoms with Crippen molar-refractivity contribution in [1.82, 2.24) is 0 Å². The van der Waals surface area contributed by atoms with Gasteiger partial charge >= 0.3 is 0 Å². The number of unbranched alkanes of at least 4 members (excludes halogenated alkanes) is 2. The van der Waals surface area contributed by atoms with Gasteiger partial charge in [0.15, 0.2) is 0 Å². The molecule has 0 spiro atoms. The summed E-state index contributed by atoms with van der Waals surface area (Å²) in [4.78, 5) is 0. The third-order valence-corrected chi connectivity index (χ3v) is 1.75. The molecule has 0 bridgehead atoms. The fourth-order valence-corrected chi connectivity index (χ4v) is 0.899.